The largest absolute Gasteiger partial charge is 0.497 e. The van der Waals surface area contributed by atoms with E-state index in [9.17, 15) is 9.59 Å². The summed E-state index contributed by atoms with van der Waals surface area (Å²) in [6.07, 6.45) is -0.833. The fraction of sp³-hybridized carbons (Fsp3) is 0.286. The molecule has 0 heterocycles. The first kappa shape index (κ1) is 28.9. The maximum Gasteiger partial charge on any atom is 0.420 e. The lowest BCUT2D eigenvalue weighted by atomic mass is 10.0. The summed E-state index contributed by atoms with van der Waals surface area (Å²) in [7, 11) is 3.14. The number of amides is 1. The van der Waals surface area contributed by atoms with Crippen LogP contribution in [-0.4, -0.2) is 39.4 Å². The maximum absolute atomic E-state index is 13.1. The van der Waals surface area contributed by atoms with Crippen molar-refractivity contribution >= 4 is 41.0 Å². The lowest BCUT2D eigenvalue weighted by Crippen LogP contribution is -2.38. The zero-order valence-electron chi connectivity index (χ0n) is 21.7. The van der Waals surface area contributed by atoms with E-state index in [-0.39, 0.29) is 39.8 Å². The number of halogens is 2. The van der Waals surface area contributed by atoms with E-state index in [0.29, 0.717) is 11.5 Å². The van der Waals surface area contributed by atoms with Gasteiger partial charge in [-0.05, 0) is 67.4 Å². The molecule has 0 N–H and O–H groups in total. The van der Waals surface area contributed by atoms with Crippen molar-refractivity contribution in [3.63, 3.8) is 0 Å². The standard InChI is InChI=1S/C28H29Cl2NO7/c1-6-36-26(32)16-31(28(33)38-20-9-7-19(34-4)8-10-20)18-13-23(29)27(24(30)14-18)37-21-11-12-25(35-5)22(15-21)17(2)3/h7-15,17H,6,16H2,1-5H3. The first-order valence-corrected chi connectivity index (χ1v) is 12.6. The maximum atomic E-state index is 13.1. The second-order valence-corrected chi connectivity index (χ2v) is 9.15. The second-order valence-electron chi connectivity index (χ2n) is 8.33. The minimum absolute atomic E-state index is 0.125. The predicted molar refractivity (Wildman–Crippen MR) is 147 cm³/mol. The fourth-order valence-electron chi connectivity index (χ4n) is 3.54. The number of hydrogen-bond donors (Lipinski definition) is 0. The Hall–Kier alpha value is -3.62. The minimum atomic E-state index is -0.833. The average Bonchev–Trinajstić information content (AvgIpc) is 2.89. The molecule has 8 nitrogen and oxygen atoms in total. The van der Waals surface area contributed by atoms with Gasteiger partial charge in [0.25, 0.3) is 0 Å². The molecule has 0 saturated heterocycles. The van der Waals surface area contributed by atoms with Crippen LogP contribution < -0.4 is 23.8 Å². The van der Waals surface area contributed by atoms with E-state index >= 15 is 0 Å². The fourth-order valence-corrected chi connectivity index (χ4v) is 4.09. The quantitative estimate of drug-likeness (QED) is 0.237. The van der Waals surface area contributed by atoms with Crippen LogP contribution in [0.2, 0.25) is 10.0 Å². The third-order valence-corrected chi connectivity index (χ3v) is 5.98. The monoisotopic (exact) mass is 561 g/mol. The normalized spacial score (nSPS) is 10.6. The summed E-state index contributed by atoms with van der Waals surface area (Å²) in [4.78, 5) is 26.5. The number of rotatable bonds is 10. The summed E-state index contributed by atoms with van der Waals surface area (Å²) < 4.78 is 27.0. The van der Waals surface area contributed by atoms with E-state index in [2.05, 4.69) is 0 Å². The highest BCUT2D eigenvalue weighted by Gasteiger charge is 2.25. The summed E-state index contributed by atoms with van der Waals surface area (Å²) in [6.45, 7) is 5.47. The molecule has 3 aromatic carbocycles. The molecule has 0 saturated carbocycles. The summed E-state index contributed by atoms with van der Waals surface area (Å²) >= 11 is 13.1. The summed E-state index contributed by atoms with van der Waals surface area (Å²) in [5, 5.41) is 0.251. The van der Waals surface area contributed by atoms with Gasteiger partial charge in [-0.3, -0.25) is 9.69 Å². The minimum Gasteiger partial charge on any atom is -0.497 e. The number of esters is 1. The molecular weight excluding hydrogens is 533 g/mol. The van der Waals surface area contributed by atoms with Crippen molar-refractivity contribution in [2.45, 2.75) is 26.7 Å². The van der Waals surface area contributed by atoms with Gasteiger partial charge >= 0.3 is 12.1 Å². The zero-order valence-corrected chi connectivity index (χ0v) is 23.3. The van der Waals surface area contributed by atoms with Crippen molar-refractivity contribution in [2.24, 2.45) is 0 Å². The molecule has 3 aromatic rings. The van der Waals surface area contributed by atoms with Gasteiger partial charge in [-0.1, -0.05) is 37.0 Å². The van der Waals surface area contributed by atoms with Gasteiger partial charge in [0.1, 0.15) is 29.5 Å². The second kappa shape index (κ2) is 13.3. The van der Waals surface area contributed by atoms with Crippen molar-refractivity contribution in [2.75, 3.05) is 32.3 Å². The molecule has 10 heteroatoms. The van der Waals surface area contributed by atoms with E-state index < -0.39 is 18.6 Å². The Balaban J connectivity index is 1.91. The van der Waals surface area contributed by atoms with Gasteiger partial charge in [-0.25, -0.2) is 4.79 Å². The molecule has 0 unspecified atom stereocenters. The Bertz CT molecular complexity index is 1260. The predicted octanol–water partition coefficient (Wildman–Crippen LogP) is 7.49. The molecule has 38 heavy (non-hydrogen) atoms. The number of carbonyl (C=O) groups excluding carboxylic acids is 2. The number of ether oxygens (including phenoxy) is 5. The van der Waals surface area contributed by atoms with Gasteiger partial charge in [0, 0.05) is 5.56 Å². The molecule has 0 atom stereocenters. The molecule has 0 spiro atoms. The Morgan fingerprint density at radius 2 is 1.47 bits per heavy atom. The number of benzene rings is 3. The van der Waals surface area contributed by atoms with Gasteiger partial charge in [0.15, 0.2) is 5.75 Å². The zero-order chi connectivity index (χ0) is 27.8. The van der Waals surface area contributed by atoms with Crippen molar-refractivity contribution in [1.82, 2.24) is 0 Å². The SMILES string of the molecule is CCOC(=O)CN(C(=O)Oc1ccc(OC)cc1)c1cc(Cl)c(Oc2ccc(OC)c(C(C)C)c2)c(Cl)c1. The Kier molecular flexibility index (Phi) is 10.1. The molecule has 0 fully saturated rings. The Morgan fingerprint density at radius 3 is 2.03 bits per heavy atom. The lowest BCUT2D eigenvalue weighted by Gasteiger charge is -2.23. The van der Waals surface area contributed by atoms with Crippen LogP contribution in [0.4, 0.5) is 10.5 Å². The molecule has 3 rings (SSSR count). The van der Waals surface area contributed by atoms with E-state index in [1.54, 1.807) is 50.4 Å². The third-order valence-electron chi connectivity index (χ3n) is 5.42. The average molecular weight is 562 g/mol. The Morgan fingerprint density at radius 1 is 0.868 bits per heavy atom. The molecule has 1 amide bonds. The number of nitrogens with zero attached hydrogens (tertiary/aromatic N) is 1. The molecule has 0 radical (unpaired) electrons. The lowest BCUT2D eigenvalue weighted by molar-refractivity contribution is -0.141. The summed E-state index contributed by atoms with van der Waals surface area (Å²) in [6, 6.07) is 14.7. The van der Waals surface area contributed by atoms with Gasteiger partial charge < -0.3 is 23.7 Å². The van der Waals surface area contributed by atoms with E-state index in [0.717, 1.165) is 16.2 Å². The van der Waals surface area contributed by atoms with E-state index in [1.807, 2.05) is 19.9 Å². The van der Waals surface area contributed by atoms with Crippen LogP contribution in [0.3, 0.4) is 0 Å². The van der Waals surface area contributed by atoms with Gasteiger partial charge in [-0.2, -0.15) is 0 Å². The molecule has 202 valence electrons. The van der Waals surface area contributed by atoms with Crippen LogP contribution >= 0.6 is 23.2 Å². The van der Waals surface area contributed by atoms with Crippen LogP contribution in [0.25, 0.3) is 0 Å². The van der Waals surface area contributed by atoms with Crippen LogP contribution in [0.15, 0.2) is 54.6 Å². The molecule has 0 aliphatic rings. The van der Waals surface area contributed by atoms with E-state index in [4.69, 9.17) is 46.9 Å². The Labute approximate surface area is 231 Å². The van der Waals surface area contributed by atoms with E-state index in [1.165, 1.54) is 19.2 Å². The van der Waals surface area contributed by atoms with Crippen LogP contribution in [0.1, 0.15) is 32.3 Å². The molecular formula is C28H29Cl2NO7. The van der Waals surface area contributed by atoms with Gasteiger partial charge in [0.05, 0.1) is 36.6 Å². The highest BCUT2D eigenvalue weighted by Crippen LogP contribution is 2.41. The van der Waals surface area contributed by atoms with Crippen LogP contribution in [0, 0.1) is 0 Å². The van der Waals surface area contributed by atoms with Crippen molar-refractivity contribution in [1.29, 1.82) is 0 Å². The number of carbonyl (C=O) groups is 2. The third kappa shape index (κ3) is 7.24. The highest BCUT2D eigenvalue weighted by atomic mass is 35.5. The molecule has 0 aliphatic carbocycles. The first-order chi connectivity index (χ1) is 18.2. The van der Waals surface area contributed by atoms with Crippen molar-refractivity contribution < 1.29 is 33.3 Å². The number of anilines is 1. The van der Waals surface area contributed by atoms with Gasteiger partial charge in [0.2, 0.25) is 0 Å². The topological polar surface area (TPSA) is 83.5 Å². The number of hydrogen-bond acceptors (Lipinski definition) is 7. The number of methoxy groups -OCH3 is 2. The van der Waals surface area contributed by atoms with Crippen LogP contribution in [-0.2, 0) is 9.53 Å². The van der Waals surface area contributed by atoms with Crippen molar-refractivity contribution in [3.05, 3.63) is 70.2 Å². The smallest absolute Gasteiger partial charge is 0.420 e. The van der Waals surface area contributed by atoms with Gasteiger partial charge in [-0.15, -0.1) is 0 Å². The molecule has 0 aliphatic heterocycles. The summed E-state index contributed by atoms with van der Waals surface area (Å²) in [5.41, 5.74) is 1.17. The molecule has 0 aromatic heterocycles. The first-order valence-electron chi connectivity index (χ1n) is 11.8. The van der Waals surface area contributed by atoms with Crippen LogP contribution in [0.5, 0.6) is 28.7 Å². The summed E-state index contributed by atoms with van der Waals surface area (Å²) in [5.74, 6) is 1.85. The molecule has 0 bridgehead atoms. The highest BCUT2D eigenvalue weighted by molar-refractivity contribution is 6.37. The van der Waals surface area contributed by atoms with Crippen molar-refractivity contribution in [3.8, 4) is 28.7 Å².